The Hall–Kier alpha value is -0.340. The predicted molar refractivity (Wildman–Crippen MR) is 58.9 cm³/mol. The number of halogens is 1. The Kier molecular flexibility index (Phi) is 2.70. The molecule has 0 aromatic heterocycles. The number of aryl methyl sites for hydroxylation is 1. The molecular formula is C11H14BrN. The van der Waals surface area contributed by atoms with Gasteiger partial charge in [0.1, 0.15) is 0 Å². The lowest BCUT2D eigenvalue weighted by molar-refractivity contribution is 0.644. The fourth-order valence-corrected chi connectivity index (χ4v) is 2.40. The summed E-state index contributed by atoms with van der Waals surface area (Å²) in [6.45, 7) is 3.30. The van der Waals surface area contributed by atoms with Gasteiger partial charge < -0.3 is 5.32 Å². The Labute approximate surface area is 87.7 Å². The van der Waals surface area contributed by atoms with Gasteiger partial charge in [0.25, 0.3) is 0 Å². The number of nitrogens with one attached hydrogen (secondary N) is 1. The van der Waals surface area contributed by atoms with E-state index in [0.717, 1.165) is 6.54 Å². The van der Waals surface area contributed by atoms with E-state index in [2.05, 4.69) is 46.4 Å². The molecule has 1 N–H and O–H groups in total. The molecular weight excluding hydrogens is 226 g/mol. The Morgan fingerprint density at radius 2 is 2.31 bits per heavy atom. The van der Waals surface area contributed by atoms with E-state index in [-0.39, 0.29) is 0 Å². The third kappa shape index (κ3) is 1.94. The molecule has 70 valence electrons. The highest BCUT2D eigenvalue weighted by molar-refractivity contribution is 9.10. The second kappa shape index (κ2) is 3.81. The summed E-state index contributed by atoms with van der Waals surface area (Å²) < 4.78 is 1.23. The summed E-state index contributed by atoms with van der Waals surface area (Å²) in [4.78, 5) is 0. The summed E-state index contributed by atoms with van der Waals surface area (Å²) in [5, 5.41) is 3.51. The lowest BCUT2D eigenvalue weighted by atomic mass is 10.0. The fourth-order valence-electron chi connectivity index (χ4n) is 1.88. The number of benzene rings is 1. The van der Waals surface area contributed by atoms with Crippen LogP contribution in [0.5, 0.6) is 0 Å². The largest absolute Gasteiger partial charge is 0.310 e. The van der Waals surface area contributed by atoms with Crippen molar-refractivity contribution in [1.29, 1.82) is 0 Å². The van der Waals surface area contributed by atoms with Gasteiger partial charge in [-0.3, -0.25) is 0 Å². The lowest BCUT2D eigenvalue weighted by Gasteiger charge is -2.13. The van der Waals surface area contributed by atoms with Crippen LogP contribution in [0.25, 0.3) is 0 Å². The molecule has 0 spiro atoms. The highest BCUT2D eigenvalue weighted by atomic mass is 79.9. The molecule has 1 unspecified atom stereocenters. The van der Waals surface area contributed by atoms with E-state index in [4.69, 9.17) is 0 Å². The minimum Gasteiger partial charge on any atom is -0.310 e. The maximum Gasteiger partial charge on any atom is 0.0332 e. The van der Waals surface area contributed by atoms with Crippen LogP contribution in [-0.4, -0.2) is 6.54 Å². The van der Waals surface area contributed by atoms with Crippen molar-refractivity contribution < 1.29 is 0 Å². The third-order valence-electron chi connectivity index (χ3n) is 2.59. The highest BCUT2D eigenvalue weighted by Crippen LogP contribution is 2.29. The number of hydrogen-bond donors (Lipinski definition) is 1. The van der Waals surface area contributed by atoms with E-state index >= 15 is 0 Å². The summed E-state index contributed by atoms with van der Waals surface area (Å²) in [5.74, 6) is 0. The molecule has 1 nitrogen and oxygen atoms in total. The zero-order valence-corrected chi connectivity index (χ0v) is 9.39. The normalized spacial score (nSPS) is 22.2. The summed E-state index contributed by atoms with van der Waals surface area (Å²) in [6, 6.07) is 7.12. The first-order valence-electron chi connectivity index (χ1n) is 4.77. The van der Waals surface area contributed by atoms with Crippen molar-refractivity contribution >= 4 is 15.9 Å². The molecule has 2 heteroatoms. The summed E-state index contributed by atoms with van der Waals surface area (Å²) in [7, 11) is 0. The Morgan fingerprint density at radius 3 is 3.00 bits per heavy atom. The summed E-state index contributed by atoms with van der Waals surface area (Å²) >= 11 is 3.60. The molecule has 0 bridgehead atoms. The van der Waals surface area contributed by atoms with Crippen molar-refractivity contribution in [2.24, 2.45) is 0 Å². The van der Waals surface area contributed by atoms with E-state index < -0.39 is 0 Å². The first-order valence-corrected chi connectivity index (χ1v) is 5.56. The summed E-state index contributed by atoms with van der Waals surface area (Å²) in [6.07, 6.45) is 2.56. The van der Waals surface area contributed by atoms with Crippen LogP contribution in [-0.2, 0) is 0 Å². The first kappa shape index (κ1) is 9.22. The first-order chi connectivity index (χ1) is 6.27. The molecule has 1 heterocycles. The van der Waals surface area contributed by atoms with Gasteiger partial charge >= 0.3 is 0 Å². The van der Waals surface area contributed by atoms with E-state index in [9.17, 15) is 0 Å². The molecule has 1 fully saturated rings. The molecule has 13 heavy (non-hydrogen) atoms. The topological polar surface area (TPSA) is 12.0 Å². The molecule has 1 aliphatic heterocycles. The van der Waals surface area contributed by atoms with Gasteiger partial charge in [0.15, 0.2) is 0 Å². The zero-order chi connectivity index (χ0) is 9.26. The second-order valence-electron chi connectivity index (χ2n) is 3.67. The van der Waals surface area contributed by atoms with Crippen molar-refractivity contribution in [2.75, 3.05) is 6.54 Å². The number of rotatable bonds is 1. The maximum atomic E-state index is 3.60. The average molecular weight is 240 g/mol. The third-order valence-corrected chi connectivity index (χ3v) is 3.31. The van der Waals surface area contributed by atoms with Crippen molar-refractivity contribution in [1.82, 2.24) is 5.32 Å². The zero-order valence-electron chi connectivity index (χ0n) is 7.81. The smallest absolute Gasteiger partial charge is 0.0332 e. The maximum absolute atomic E-state index is 3.60. The van der Waals surface area contributed by atoms with Crippen molar-refractivity contribution in [3.8, 4) is 0 Å². The van der Waals surface area contributed by atoms with Gasteiger partial charge in [-0.2, -0.15) is 0 Å². The molecule has 1 aromatic rings. The molecule has 2 rings (SSSR count). The standard InChI is InChI=1S/C11H14BrN/c1-8-4-5-10(12)9(7-8)11-3-2-6-13-11/h4-5,7,11,13H,2-3,6H2,1H3. The minimum absolute atomic E-state index is 0.564. The van der Waals surface area contributed by atoms with Crippen LogP contribution in [0.15, 0.2) is 22.7 Å². The minimum atomic E-state index is 0.564. The van der Waals surface area contributed by atoms with Crippen molar-refractivity contribution in [2.45, 2.75) is 25.8 Å². The van der Waals surface area contributed by atoms with Crippen LogP contribution in [0.4, 0.5) is 0 Å². The van der Waals surface area contributed by atoms with Gasteiger partial charge in [0, 0.05) is 10.5 Å². The molecule has 1 saturated heterocycles. The molecule has 0 amide bonds. The van der Waals surface area contributed by atoms with Gasteiger partial charge in [-0.05, 0) is 37.9 Å². The van der Waals surface area contributed by atoms with Crippen molar-refractivity contribution in [3.63, 3.8) is 0 Å². The Morgan fingerprint density at radius 1 is 1.46 bits per heavy atom. The van der Waals surface area contributed by atoms with Gasteiger partial charge in [-0.15, -0.1) is 0 Å². The predicted octanol–water partition coefficient (Wildman–Crippen LogP) is 3.18. The lowest BCUT2D eigenvalue weighted by Crippen LogP contribution is -2.13. The van der Waals surface area contributed by atoms with Gasteiger partial charge in [0.05, 0.1) is 0 Å². The summed E-state index contributed by atoms with van der Waals surface area (Å²) in [5.41, 5.74) is 2.75. The monoisotopic (exact) mass is 239 g/mol. The van der Waals surface area contributed by atoms with Gasteiger partial charge in [0.2, 0.25) is 0 Å². The van der Waals surface area contributed by atoms with Crippen LogP contribution in [0.2, 0.25) is 0 Å². The van der Waals surface area contributed by atoms with Crippen LogP contribution >= 0.6 is 15.9 Å². The van der Waals surface area contributed by atoms with E-state index in [1.807, 2.05) is 0 Å². The molecule has 1 aromatic carbocycles. The van der Waals surface area contributed by atoms with E-state index in [1.165, 1.54) is 28.4 Å². The van der Waals surface area contributed by atoms with Crippen LogP contribution in [0, 0.1) is 6.92 Å². The molecule has 1 atom stereocenters. The SMILES string of the molecule is Cc1ccc(Br)c(C2CCCN2)c1. The molecule has 0 saturated carbocycles. The molecule has 0 radical (unpaired) electrons. The van der Waals surface area contributed by atoms with Crippen LogP contribution < -0.4 is 5.32 Å². The molecule has 0 aliphatic carbocycles. The van der Waals surface area contributed by atoms with Crippen LogP contribution in [0.1, 0.15) is 30.0 Å². The van der Waals surface area contributed by atoms with Gasteiger partial charge in [-0.1, -0.05) is 33.6 Å². The number of hydrogen-bond acceptors (Lipinski definition) is 1. The Bertz CT molecular complexity index is 303. The fraction of sp³-hybridized carbons (Fsp3) is 0.455. The average Bonchev–Trinajstić information content (AvgIpc) is 2.61. The van der Waals surface area contributed by atoms with Crippen molar-refractivity contribution in [3.05, 3.63) is 33.8 Å². The van der Waals surface area contributed by atoms with Gasteiger partial charge in [-0.25, -0.2) is 0 Å². The highest BCUT2D eigenvalue weighted by Gasteiger charge is 2.18. The second-order valence-corrected chi connectivity index (χ2v) is 4.53. The Balaban J connectivity index is 2.32. The van der Waals surface area contributed by atoms with E-state index in [0.29, 0.717) is 6.04 Å². The van der Waals surface area contributed by atoms with Crippen LogP contribution in [0.3, 0.4) is 0 Å². The van der Waals surface area contributed by atoms with E-state index in [1.54, 1.807) is 0 Å². The molecule has 1 aliphatic rings. The quantitative estimate of drug-likeness (QED) is 0.794.